The molecular formula is C17H23N3O4. The molecule has 3 rings (SSSR count). The summed E-state index contributed by atoms with van der Waals surface area (Å²) in [6, 6.07) is 3.14. The molecule has 1 aliphatic carbocycles. The van der Waals surface area contributed by atoms with Gasteiger partial charge in [0.1, 0.15) is 0 Å². The van der Waals surface area contributed by atoms with E-state index >= 15 is 0 Å². The van der Waals surface area contributed by atoms with Crippen LogP contribution in [0.2, 0.25) is 0 Å². The molecule has 7 heteroatoms. The molecule has 2 heterocycles. The van der Waals surface area contributed by atoms with Gasteiger partial charge in [-0.15, -0.1) is 0 Å². The second-order valence-corrected chi connectivity index (χ2v) is 6.46. The molecule has 130 valence electrons. The number of nitrogens with zero attached hydrogens (tertiary/aromatic N) is 2. The van der Waals surface area contributed by atoms with Crippen LogP contribution >= 0.6 is 0 Å². The third-order valence-corrected chi connectivity index (χ3v) is 4.75. The van der Waals surface area contributed by atoms with E-state index in [1.165, 1.54) is 13.3 Å². The van der Waals surface area contributed by atoms with E-state index in [0.717, 1.165) is 12.8 Å². The maximum absolute atomic E-state index is 12.6. The van der Waals surface area contributed by atoms with E-state index in [1.54, 1.807) is 17.0 Å². The zero-order chi connectivity index (χ0) is 17.1. The highest BCUT2D eigenvalue weighted by Gasteiger charge is 2.36. The maximum atomic E-state index is 12.6. The Morgan fingerprint density at radius 1 is 1.38 bits per heavy atom. The molecule has 0 bridgehead atoms. The number of aliphatic hydroxyl groups is 1. The zero-order valence-electron chi connectivity index (χ0n) is 13.8. The fourth-order valence-corrected chi connectivity index (χ4v) is 3.02. The van der Waals surface area contributed by atoms with Gasteiger partial charge in [-0.05, 0) is 25.3 Å². The molecule has 0 unspecified atom stereocenters. The fraction of sp³-hybridized carbons (Fsp3) is 0.588. The fourth-order valence-electron chi connectivity index (χ4n) is 3.02. The van der Waals surface area contributed by atoms with Crippen molar-refractivity contribution in [3.8, 4) is 5.88 Å². The van der Waals surface area contributed by atoms with Gasteiger partial charge in [-0.2, -0.15) is 0 Å². The van der Waals surface area contributed by atoms with Crippen LogP contribution in [0, 0.1) is 11.8 Å². The summed E-state index contributed by atoms with van der Waals surface area (Å²) in [7, 11) is 1.52. The van der Waals surface area contributed by atoms with Gasteiger partial charge in [0.2, 0.25) is 11.8 Å². The van der Waals surface area contributed by atoms with E-state index in [-0.39, 0.29) is 36.3 Å². The lowest BCUT2D eigenvalue weighted by atomic mass is 9.91. The molecular weight excluding hydrogens is 310 g/mol. The highest BCUT2D eigenvalue weighted by molar-refractivity contribution is 5.94. The summed E-state index contributed by atoms with van der Waals surface area (Å²) in [4.78, 5) is 30.5. The van der Waals surface area contributed by atoms with Crippen molar-refractivity contribution in [1.29, 1.82) is 0 Å². The van der Waals surface area contributed by atoms with Crippen molar-refractivity contribution in [2.75, 3.05) is 26.8 Å². The zero-order valence-corrected chi connectivity index (χ0v) is 13.8. The van der Waals surface area contributed by atoms with Crippen LogP contribution in [0.1, 0.15) is 29.6 Å². The van der Waals surface area contributed by atoms with E-state index < -0.39 is 0 Å². The number of hydrogen-bond acceptors (Lipinski definition) is 5. The minimum atomic E-state index is -0.202. The molecule has 0 aromatic carbocycles. The SMILES string of the molecule is COc1ccc(C(=O)N2CC[C@H](CO)[C@H](NC(=O)C3CC3)C2)cn1. The van der Waals surface area contributed by atoms with Crippen LogP contribution in [0.3, 0.4) is 0 Å². The number of aliphatic hydroxyl groups excluding tert-OH is 1. The number of carbonyl (C=O) groups excluding carboxylic acids is 2. The molecule has 2 fully saturated rings. The predicted molar refractivity (Wildman–Crippen MR) is 86.5 cm³/mol. The van der Waals surface area contributed by atoms with Crippen LogP contribution in [0.5, 0.6) is 5.88 Å². The molecule has 2 aliphatic rings. The van der Waals surface area contributed by atoms with Crippen molar-refractivity contribution >= 4 is 11.8 Å². The van der Waals surface area contributed by atoms with E-state index in [4.69, 9.17) is 4.74 Å². The number of amides is 2. The quantitative estimate of drug-likeness (QED) is 0.816. The number of carbonyl (C=O) groups is 2. The molecule has 0 radical (unpaired) electrons. The van der Waals surface area contributed by atoms with Gasteiger partial charge in [-0.3, -0.25) is 9.59 Å². The summed E-state index contributed by atoms with van der Waals surface area (Å²) in [5, 5.41) is 12.6. The van der Waals surface area contributed by atoms with E-state index in [2.05, 4.69) is 10.3 Å². The number of pyridine rings is 1. The maximum Gasteiger partial charge on any atom is 0.255 e. The van der Waals surface area contributed by atoms with Crippen LogP contribution < -0.4 is 10.1 Å². The van der Waals surface area contributed by atoms with Gasteiger partial charge >= 0.3 is 0 Å². The van der Waals surface area contributed by atoms with Crippen molar-refractivity contribution in [2.45, 2.75) is 25.3 Å². The van der Waals surface area contributed by atoms with Crippen LogP contribution in [0.15, 0.2) is 18.3 Å². The van der Waals surface area contributed by atoms with Crippen LogP contribution in [-0.2, 0) is 4.79 Å². The predicted octanol–water partition coefficient (Wildman–Crippen LogP) is 0.439. The van der Waals surface area contributed by atoms with E-state index in [0.29, 0.717) is 31.0 Å². The molecule has 1 saturated carbocycles. The molecule has 24 heavy (non-hydrogen) atoms. The summed E-state index contributed by atoms with van der Waals surface area (Å²) >= 11 is 0. The number of aromatic nitrogens is 1. The first kappa shape index (κ1) is 16.7. The minimum Gasteiger partial charge on any atom is -0.481 e. The average Bonchev–Trinajstić information content (AvgIpc) is 3.46. The molecule has 1 aromatic rings. The molecule has 2 atom stereocenters. The second kappa shape index (κ2) is 7.17. The van der Waals surface area contributed by atoms with Gasteiger partial charge in [-0.1, -0.05) is 0 Å². The van der Waals surface area contributed by atoms with Gasteiger partial charge < -0.3 is 20.1 Å². The first-order valence-corrected chi connectivity index (χ1v) is 8.33. The third-order valence-electron chi connectivity index (χ3n) is 4.75. The molecule has 1 aliphatic heterocycles. The van der Waals surface area contributed by atoms with Crippen LogP contribution in [0.4, 0.5) is 0 Å². The third kappa shape index (κ3) is 3.67. The smallest absolute Gasteiger partial charge is 0.255 e. The number of methoxy groups -OCH3 is 1. The van der Waals surface area contributed by atoms with Crippen LogP contribution in [0.25, 0.3) is 0 Å². The Morgan fingerprint density at radius 2 is 2.17 bits per heavy atom. The average molecular weight is 333 g/mol. The molecule has 2 N–H and O–H groups in total. The number of nitrogens with one attached hydrogen (secondary N) is 1. The summed E-state index contributed by atoms with van der Waals surface area (Å²) < 4.78 is 5.00. The summed E-state index contributed by atoms with van der Waals surface area (Å²) in [5.74, 6) is 0.484. The Bertz CT molecular complexity index is 600. The normalized spacial score (nSPS) is 23.7. The van der Waals surface area contributed by atoms with Crippen molar-refractivity contribution in [3.05, 3.63) is 23.9 Å². The van der Waals surface area contributed by atoms with Crippen LogP contribution in [-0.4, -0.2) is 59.7 Å². The summed E-state index contributed by atoms with van der Waals surface area (Å²) in [6.45, 7) is 0.988. The van der Waals surface area contributed by atoms with E-state index in [9.17, 15) is 14.7 Å². The molecule has 1 saturated heterocycles. The highest BCUT2D eigenvalue weighted by atomic mass is 16.5. The van der Waals surface area contributed by atoms with Gasteiger partial charge in [0.25, 0.3) is 5.91 Å². The first-order chi connectivity index (χ1) is 11.6. The topological polar surface area (TPSA) is 91.8 Å². The Morgan fingerprint density at radius 3 is 2.75 bits per heavy atom. The first-order valence-electron chi connectivity index (χ1n) is 8.33. The standard InChI is InChI=1S/C17H23N3O4/c1-24-15-5-4-12(8-18-15)17(23)20-7-6-13(10-21)14(9-20)19-16(22)11-2-3-11/h4-5,8,11,13-14,21H,2-3,6-7,9-10H2,1H3,(H,19,22)/t13-,14-/m1/s1. The Kier molecular flexibility index (Phi) is 4.99. The molecule has 0 spiro atoms. The summed E-state index contributed by atoms with van der Waals surface area (Å²) in [5.41, 5.74) is 0.491. The lowest BCUT2D eigenvalue weighted by molar-refractivity contribution is -0.123. The van der Waals surface area contributed by atoms with Crippen molar-refractivity contribution in [1.82, 2.24) is 15.2 Å². The number of hydrogen-bond donors (Lipinski definition) is 2. The minimum absolute atomic E-state index is 0.00857. The molecule has 2 amide bonds. The molecule has 1 aromatic heterocycles. The highest BCUT2D eigenvalue weighted by Crippen LogP contribution is 2.30. The Labute approximate surface area is 141 Å². The monoisotopic (exact) mass is 333 g/mol. The van der Waals surface area contributed by atoms with Crippen molar-refractivity contribution in [3.63, 3.8) is 0 Å². The lowest BCUT2D eigenvalue weighted by Gasteiger charge is -2.38. The van der Waals surface area contributed by atoms with E-state index in [1.807, 2.05) is 0 Å². The van der Waals surface area contributed by atoms with Crippen molar-refractivity contribution in [2.24, 2.45) is 11.8 Å². The number of likely N-dealkylation sites (tertiary alicyclic amines) is 1. The Balaban J connectivity index is 1.66. The summed E-state index contributed by atoms with van der Waals surface area (Å²) in [6.07, 6.45) is 4.03. The Hall–Kier alpha value is -2.15. The van der Waals surface area contributed by atoms with Gasteiger partial charge in [-0.25, -0.2) is 4.98 Å². The molecule has 7 nitrogen and oxygen atoms in total. The lowest BCUT2D eigenvalue weighted by Crippen LogP contribution is -2.55. The van der Waals surface area contributed by atoms with Gasteiger partial charge in [0.15, 0.2) is 0 Å². The largest absolute Gasteiger partial charge is 0.481 e. The van der Waals surface area contributed by atoms with Crippen molar-refractivity contribution < 1.29 is 19.4 Å². The number of piperidine rings is 1. The second-order valence-electron chi connectivity index (χ2n) is 6.46. The number of rotatable bonds is 5. The van der Waals surface area contributed by atoms with Gasteiger partial charge in [0, 0.05) is 43.8 Å². The van der Waals surface area contributed by atoms with Gasteiger partial charge in [0.05, 0.1) is 18.7 Å². The number of ether oxygens (including phenoxy) is 1.